The Kier molecular flexibility index (Phi) is 3.93. The third kappa shape index (κ3) is 2.52. The molecule has 0 aliphatic rings. The van der Waals surface area contributed by atoms with E-state index < -0.39 is 0 Å². The molecule has 2 aromatic heterocycles. The monoisotopic (exact) mass is 306 g/mol. The molecule has 0 bridgehead atoms. The van der Waals surface area contributed by atoms with Crippen molar-refractivity contribution in [2.24, 2.45) is 5.84 Å². The van der Waals surface area contributed by atoms with Gasteiger partial charge in [-0.2, -0.15) is 0 Å². The predicted octanol–water partition coefficient (Wildman–Crippen LogP) is 3.06. The van der Waals surface area contributed by atoms with Crippen molar-refractivity contribution in [3.05, 3.63) is 40.3 Å². The molecule has 0 fully saturated rings. The molecule has 0 spiro atoms. The number of pyridine rings is 2. The maximum atomic E-state index is 5.43. The van der Waals surface area contributed by atoms with Gasteiger partial charge in [0.15, 0.2) is 5.82 Å². The van der Waals surface area contributed by atoms with Crippen LogP contribution in [0.2, 0.25) is 0 Å². The van der Waals surface area contributed by atoms with Gasteiger partial charge in [0, 0.05) is 17.5 Å². The second-order valence-electron chi connectivity index (χ2n) is 4.00. The van der Waals surface area contributed by atoms with Gasteiger partial charge in [-0.1, -0.05) is 6.92 Å². The van der Waals surface area contributed by atoms with Crippen molar-refractivity contribution in [3.63, 3.8) is 0 Å². The number of nitrogens with one attached hydrogen (secondary N) is 1. The van der Waals surface area contributed by atoms with E-state index in [1.54, 1.807) is 0 Å². The zero-order valence-corrected chi connectivity index (χ0v) is 12.0. The lowest BCUT2D eigenvalue weighted by Gasteiger charge is -2.11. The van der Waals surface area contributed by atoms with Gasteiger partial charge >= 0.3 is 0 Å². The number of hydrogen-bond donors (Lipinski definition) is 2. The maximum Gasteiger partial charge on any atom is 0.154 e. The van der Waals surface area contributed by atoms with E-state index in [0.717, 1.165) is 33.4 Å². The van der Waals surface area contributed by atoms with Gasteiger partial charge in [0.2, 0.25) is 0 Å². The molecule has 0 atom stereocenters. The van der Waals surface area contributed by atoms with Gasteiger partial charge in [0.1, 0.15) is 0 Å². The first-order valence-corrected chi connectivity index (χ1v) is 6.54. The molecule has 0 saturated carbocycles. The summed E-state index contributed by atoms with van der Waals surface area (Å²) in [6, 6.07) is 6.08. The van der Waals surface area contributed by atoms with E-state index in [1.165, 1.54) is 0 Å². The van der Waals surface area contributed by atoms with Crippen LogP contribution in [0.15, 0.2) is 28.9 Å². The molecule has 5 heteroatoms. The lowest BCUT2D eigenvalue weighted by molar-refractivity contribution is 1.03. The molecule has 3 N–H and O–H groups in total. The van der Waals surface area contributed by atoms with E-state index in [1.807, 2.05) is 25.3 Å². The summed E-state index contributed by atoms with van der Waals surface area (Å²) in [7, 11) is 0. The Labute approximate surface area is 115 Å². The number of aromatic nitrogens is 2. The van der Waals surface area contributed by atoms with Crippen LogP contribution >= 0.6 is 15.9 Å². The number of nitrogens with two attached hydrogens (primary N) is 1. The second-order valence-corrected chi connectivity index (χ2v) is 4.85. The van der Waals surface area contributed by atoms with Crippen LogP contribution in [0.3, 0.4) is 0 Å². The Balaban J connectivity index is 2.60. The summed E-state index contributed by atoms with van der Waals surface area (Å²) >= 11 is 3.47. The summed E-state index contributed by atoms with van der Waals surface area (Å²) in [5.41, 5.74) is 6.82. The van der Waals surface area contributed by atoms with Crippen molar-refractivity contribution >= 4 is 21.7 Å². The molecule has 0 unspecified atom stereocenters. The first-order chi connectivity index (χ1) is 8.65. The quantitative estimate of drug-likeness (QED) is 0.676. The van der Waals surface area contributed by atoms with E-state index in [2.05, 4.69) is 44.3 Å². The van der Waals surface area contributed by atoms with Crippen molar-refractivity contribution in [1.82, 2.24) is 9.97 Å². The zero-order chi connectivity index (χ0) is 13.1. The van der Waals surface area contributed by atoms with Gasteiger partial charge in [0.05, 0.1) is 10.2 Å². The van der Waals surface area contributed by atoms with Gasteiger partial charge in [-0.15, -0.1) is 0 Å². The summed E-state index contributed by atoms with van der Waals surface area (Å²) < 4.78 is 0.853. The minimum absolute atomic E-state index is 0.654. The van der Waals surface area contributed by atoms with Crippen LogP contribution in [0.1, 0.15) is 18.3 Å². The number of hydrogen-bond acceptors (Lipinski definition) is 4. The van der Waals surface area contributed by atoms with E-state index in [4.69, 9.17) is 5.84 Å². The molecular weight excluding hydrogens is 292 g/mol. The SMILES string of the molecule is CCc1nc(NN)c(Br)cc1-c1ccnc(C)c1. The maximum absolute atomic E-state index is 5.43. The fraction of sp³-hybridized carbons (Fsp3) is 0.231. The zero-order valence-electron chi connectivity index (χ0n) is 10.4. The molecule has 2 rings (SSSR count). The van der Waals surface area contributed by atoms with E-state index >= 15 is 0 Å². The van der Waals surface area contributed by atoms with Crippen LogP contribution in [-0.4, -0.2) is 9.97 Å². The standard InChI is InChI=1S/C13H15BrN4/c1-3-12-10(7-11(14)13(17-12)18-15)9-4-5-16-8(2)6-9/h4-7H,3,15H2,1-2H3,(H,17,18). The average Bonchev–Trinajstić information content (AvgIpc) is 2.38. The van der Waals surface area contributed by atoms with Crippen molar-refractivity contribution in [2.75, 3.05) is 5.43 Å². The molecule has 0 saturated heterocycles. The lowest BCUT2D eigenvalue weighted by atomic mass is 10.0. The number of anilines is 1. The van der Waals surface area contributed by atoms with Crippen molar-refractivity contribution in [1.29, 1.82) is 0 Å². The van der Waals surface area contributed by atoms with E-state index in [-0.39, 0.29) is 0 Å². The van der Waals surface area contributed by atoms with Crippen LogP contribution in [0.5, 0.6) is 0 Å². The first kappa shape index (κ1) is 13.0. The normalized spacial score (nSPS) is 10.4. The van der Waals surface area contributed by atoms with Gasteiger partial charge in [0.25, 0.3) is 0 Å². The van der Waals surface area contributed by atoms with Crippen LogP contribution in [0.25, 0.3) is 11.1 Å². The van der Waals surface area contributed by atoms with Crippen molar-refractivity contribution in [3.8, 4) is 11.1 Å². The van der Waals surface area contributed by atoms with Crippen LogP contribution in [-0.2, 0) is 6.42 Å². The Bertz CT molecular complexity index is 569. The number of rotatable bonds is 3. The summed E-state index contributed by atoms with van der Waals surface area (Å²) in [6.07, 6.45) is 2.66. The van der Waals surface area contributed by atoms with Crippen molar-refractivity contribution < 1.29 is 0 Å². The summed E-state index contributed by atoms with van der Waals surface area (Å²) in [6.45, 7) is 4.06. The average molecular weight is 307 g/mol. The molecule has 0 aliphatic carbocycles. The molecule has 4 nitrogen and oxygen atoms in total. The van der Waals surface area contributed by atoms with Gasteiger partial charge in [-0.3, -0.25) is 4.98 Å². The number of aryl methyl sites for hydroxylation is 2. The highest BCUT2D eigenvalue weighted by molar-refractivity contribution is 9.10. The minimum Gasteiger partial charge on any atom is -0.308 e. The molecular formula is C13H15BrN4. The molecule has 0 aliphatic heterocycles. The summed E-state index contributed by atoms with van der Waals surface area (Å²) in [5, 5.41) is 0. The molecule has 18 heavy (non-hydrogen) atoms. The van der Waals surface area contributed by atoms with Gasteiger partial charge in [-0.25, -0.2) is 10.8 Å². The Morgan fingerprint density at radius 3 is 2.78 bits per heavy atom. The molecule has 0 aromatic carbocycles. The number of nitrogens with zero attached hydrogens (tertiary/aromatic N) is 2. The molecule has 2 aromatic rings. The van der Waals surface area contributed by atoms with Crippen LogP contribution in [0, 0.1) is 6.92 Å². The van der Waals surface area contributed by atoms with E-state index in [9.17, 15) is 0 Å². The molecule has 2 heterocycles. The third-order valence-corrected chi connectivity index (χ3v) is 3.34. The third-order valence-electron chi connectivity index (χ3n) is 2.73. The van der Waals surface area contributed by atoms with Gasteiger partial charge < -0.3 is 5.43 Å². The fourth-order valence-corrected chi connectivity index (χ4v) is 2.29. The van der Waals surface area contributed by atoms with Crippen LogP contribution in [0.4, 0.5) is 5.82 Å². The predicted molar refractivity (Wildman–Crippen MR) is 77.1 cm³/mol. The molecule has 0 radical (unpaired) electrons. The number of nitrogen functional groups attached to an aromatic ring is 1. The Morgan fingerprint density at radius 1 is 1.39 bits per heavy atom. The molecule has 0 amide bonds. The molecule has 94 valence electrons. The van der Waals surface area contributed by atoms with Crippen molar-refractivity contribution in [2.45, 2.75) is 20.3 Å². The topological polar surface area (TPSA) is 63.8 Å². The summed E-state index contributed by atoms with van der Waals surface area (Å²) in [4.78, 5) is 8.72. The second kappa shape index (κ2) is 5.46. The fourth-order valence-electron chi connectivity index (χ4n) is 1.86. The van der Waals surface area contributed by atoms with E-state index in [0.29, 0.717) is 5.82 Å². The highest BCUT2D eigenvalue weighted by Crippen LogP contribution is 2.30. The smallest absolute Gasteiger partial charge is 0.154 e. The highest BCUT2D eigenvalue weighted by Gasteiger charge is 2.10. The minimum atomic E-state index is 0.654. The number of hydrazine groups is 1. The first-order valence-electron chi connectivity index (χ1n) is 5.74. The number of halogens is 1. The largest absolute Gasteiger partial charge is 0.308 e. The summed E-state index contributed by atoms with van der Waals surface area (Å²) in [5.74, 6) is 6.09. The Hall–Kier alpha value is -1.46. The van der Waals surface area contributed by atoms with Crippen LogP contribution < -0.4 is 11.3 Å². The highest BCUT2D eigenvalue weighted by atomic mass is 79.9. The lowest BCUT2D eigenvalue weighted by Crippen LogP contribution is -2.10. The van der Waals surface area contributed by atoms with Gasteiger partial charge in [-0.05, 0) is 53.0 Å². The Morgan fingerprint density at radius 2 is 2.17 bits per heavy atom.